The van der Waals surface area contributed by atoms with Gasteiger partial charge in [0.2, 0.25) is 0 Å². The molecule has 6 aromatic carbocycles. The first-order valence-corrected chi connectivity index (χ1v) is 17.6. The summed E-state index contributed by atoms with van der Waals surface area (Å²) in [5.41, 5.74) is 11.4. The highest BCUT2D eigenvalue weighted by Gasteiger charge is 2.55. The van der Waals surface area contributed by atoms with Crippen molar-refractivity contribution in [2.24, 2.45) is 0 Å². The molecular weight excluding hydrogens is 653 g/mol. The lowest BCUT2D eigenvalue weighted by Gasteiger charge is -2.43. The monoisotopic (exact) mass is 680 g/mol. The van der Waals surface area contributed by atoms with Gasteiger partial charge < -0.3 is 14.5 Å². The molecule has 1 spiro atoms. The molecule has 0 amide bonds. The fourth-order valence-corrected chi connectivity index (χ4v) is 9.34. The van der Waals surface area contributed by atoms with Crippen molar-refractivity contribution in [3.05, 3.63) is 173 Å². The summed E-state index contributed by atoms with van der Waals surface area (Å²) < 4.78 is 8.95. The number of hydrogen-bond donors (Lipinski definition) is 0. The molecule has 248 valence electrons. The van der Waals surface area contributed by atoms with E-state index in [2.05, 4.69) is 112 Å². The summed E-state index contributed by atoms with van der Waals surface area (Å²) in [4.78, 5) is 9.30. The number of para-hydroxylation sites is 2. The molecule has 0 radical (unpaired) electrons. The van der Waals surface area contributed by atoms with Crippen molar-refractivity contribution in [1.82, 2.24) is 9.55 Å². The molecule has 0 saturated carbocycles. The molecule has 4 heterocycles. The molecule has 0 unspecified atom stereocenters. The van der Waals surface area contributed by atoms with Gasteiger partial charge in [0.1, 0.15) is 17.3 Å². The van der Waals surface area contributed by atoms with E-state index in [0.717, 1.165) is 78.1 Å². The van der Waals surface area contributed by atoms with Gasteiger partial charge in [-0.25, -0.2) is 4.98 Å². The summed E-state index contributed by atoms with van der Waals surface area (Å²) in [6.07, 6.45) is 1.82. The predicted octanol–water partition coefficient (Wildman–Crippen LogP) is 9.94. The van der Waals surface area contributed by atoms with Crippen LogP contribution in [0.25, 0.3) is 38.8 Å². The summed E-state index contributed by atoms with van der Waals surface area (Å²) in [5, 5.41) is 23.6. The Morgan fingerprint density at radius 1 is 0.642 bits per heavy atom. The van der Waals surface area contributed by atoms with E-state index in [4.69, 9.17) is 9.72 Å². The second-order valence-electron chi connectivity index (χ2n) is 13.9. The van der Waals surface area contributed by atoms with E-state index in [9.17, 15) is 10.5 Å². The summed E-state index contributed by atoms with van der Waals surface area (Å²) >= 11 is 0. The van der Waals surface area contributed by atoms with Gasteiger partial charge in [-0.1, -0.05) is 66.7 Å². The van der Waals surface area contributed by atoms with Crippen molar-refractivity contribution in [2.75, 3.05) is 23.5 Å². The Hall–Kier alpha value is -7.35. The highest BCUT2D eigenvalue weighted by Crippen LogP contribution is 2.66. The molecular formula is C46H28N6O. The van der Waals surface area contributed by atoms with Crippen LogP contribution in [0.2, 0.25) is 0 Å². The van der Waals surface area contributed by atoms with Gasteiger partial charge in [-0.15, -0.1) is 0 Å². The van der Waals surface area contributed by atoms with Gasteiger partial charge in [-0.05, 0) is 88.0 Å². The molecule has 3 aliphatic rings. The predicted molar refractivity (Wildman–Crippen MR) is 207 cm³/mol. The first-order chi connectivity index (χ1) is 26.1. The van der Waals surface area contributed by atoms with E-state index in [1.165, 1.54) is 0 Å². The second kappa shape index (κ2) is 10.6. The molecule has 0 atom stereocenters. The van der Waals surface area contributed by atoms with Crippen LogP contribution in [0.4, 0.5) is 17.1 Å². The van der Waals surface area contributed by atoms with Gasteiger partial charge in [-0.3, -0.25) is 4.57 Å². The second-order valence-corrected chi connectivity index (χ2v) is 13.9. The third-order valence-corrected chi connectivity index (χ3v) is 11.3. The number of aromatic nitrogens is 2. The Balaban J connectivity index is 1.15. The summed E-state index contributed by atoms with van der Waals surface area (Å²) in [7, 11) is 2.11. The average Bonchev–Trinajstić information content (AvgIpc) is 3.83. The van der Waals surface area contributed by atoms with E-state index in [-0.39, 0.29) is 0 Å². The maximum Gasteiger partial charge on any atom is 0.137 e. The van der Waals surface area contributed by atoms with Crippen LogP contribution in [0, 0.1) is 22.7 Å². The van der Waals surface area contributed by atoms with Crippen molar-refractivity contribution in [2.45, 2.75) is 5.41 Å². The molecule has 8 aromatic rings. The first-order valence-electron chi connectivity index (χ1n) is 17.6. The summed E-state index contributed by atoms with van der Waals surface area (Å²) in [6, 6.07) is 50.2. The summed E-state index contributed by atoms with van der Waals surface area (Å²) in [5.74, 6) is 2.24. The van der Waals surface area contributed by atoms with Gasteiger partial charge in [0.25, 0.3) is 0 Å². The Kier molecular flexibility index (Phi) is 5.87. The lowest BCUT2D eigenvalue weighted by molar-refractivity contribution is 0.482. The maximum absolute atomic E-state index is 10.6. The number of fused-ring (bicyclic) bond motifs is 12. The smallest absolute Gasteiger partial charge is 0.137 e. The Bertz CT molecular complexity index is 2900. The highest BCUT2D eigenvalue weighted by molar-refractivity contribution is 6.09. The van der Waals surface area contributed by atoms with Crippen LogP contribution in [0.5, 0.6) is 11.5 Å². The Morgan fingerprint density at radius 3 is 2.09 bits per heavy atom. The standard InChI is InChI=1S/C46H28N6O/c1-50-27-51-41-24-31(53-30-18-20-33-32-11-2-3-15-38(32)52(40(33)23-30)42-17-4-5-22-49-42)19-21-36(41)46(37-14-8-16-39(50)45(37)51)43-28(25-47)9-6-12-34(43)35-13-7-10-29(26-48)44(35)46/h2-24H,27H2,1H3. The number of rotatable bonds is 3. The SMILES string of the molecule is CN1CN2c3cc(Oc4ccc5c6ccccc6n(-c6ccccn6)c5c4)ccc3C3(c4cccc1c42)c1c(C#N)cccc1-c1cccc(C#N)c13. The van der Waals surface area contributed by atoms with Crippen LogP contribution in [-0.2, 0) is 5.41 Å². The van der Waals surface area contributed by atoms with Crippen LogP contribution < -0.4 is 14.5 Å². The van der Waals surface area contributed by atoms with E-state index >= 15 is 0 Å². The van der Waals surface area contributed by atoms with Gasteiger partial charge in [0.15, 0.2) is 0 Å². The molecule has 7 nitrogen and oxygen atoms in total. The van der Waals surface area contributed by atoms with Crippen LogP contribution >= 0.6 is 0 Å². The molecule has 53 heavy (non-hydrogen) atoms. The third kappa shape index (κ3) is 3.73. The zero-order valence-electron chi connectivity index (χ0n) is 28.6. The molecule has 7 heteroatoms. The van der Waals surface area contributed by atoms with E-state index in [1.807, 2.05) is 60.8 Å². The Labute approximate surface area is 305 Å². The van der Waals surface area contributed by atoms with E-state index < -0.39 is 5.41 Å². The zero-order valence-corrected chi connectivity index (χ0v) is 28.6. The molecule has 2 aliphatic heterocycles. The minimum Gasteiger partial charge on any atom is -0.457 e. The van der Waals surface area contributed by atoms with E-state index in [0.29, 0.717) is 29.3 Å². The summed E-state index contributed by atoms with van der Waals surface area (Å²) in [6.45, 7) is 0.647. The topological polar surface area (TPSA) is 81.1 Å². The van der Waals surface area contributed by atoms with Gasteiger partial charge >= 0.3 is 0 Å². The maximum atomic E-state index is 10.6. The number of hydrogen-bond acceptors (Lipinski definition) is 6. The molecule has 0 bridgehead atoms. The number of nitriles is 2. The van der Waals surface area contributed by atoms with Crippen molar-refractivity contribution in [3.63, 3.8) is 0 Å². The molecule has 2 aromatic heterocycles. The number of benzene rings is 6. The van der Waals surface area contributed by atoms with Crippen molar-refractivity contribution in [3.8, 4) is 40.6 Å². The average molecular weight is 681 g/mol. The van der Waals surface area contributed by atoms with Crippen LogP contribution in [0.1, 0.15) is 33.4 Å². The fourth-order valence-electron chi connectivity index (χ4n) is 9.34. The third-order valence-electron chi connectivity index (χ3n) is 11.3. The molecule has 0 fully saturated rings. The fraction of sp³-hybridized carbons (Fsp3) is 0.0652. The molecule has 0 N–H and O–H groups in total. The number of anilines is 3. The normalized spacial score (nSPS) is 14.1. The highest BCUT2D eigenvalue weighted by atomic mass is 16.5. The largest absolute Gasteiger partial charge is 0.457 e. The molecule has 1 aliphatic carbocycles. The van der Waals surface area contributed by atoms with Crippen LogP contribution in [-0.4, -0.2) is 23.3 Å². The van der Waals surface area contributed by atoms with Gasteiger partial charge in [0.05, 0.1) is 63.4 Å². The minimum atomic E-state index is -0.896. The lowest BCUT2D eigenvalue weighted by atomic mass is 9.63. The van der Waals surface area contributed by atoms with Gasteiger partial charge in [-0.2, -0.15) is 10.5 Å². The number of pyridine rings is 1. The lowest BCUT2D eigenvalue weighted by Crippen LogP contribution is -2.38. The van der Waals surface area contributed by atoms with Crippen LogP contribution in [0.3, 0.4) is 0 Å². The van der Waals surface area contributed by atoms with Crippen molar-refractivity contribution in [1.29, 1.82) is 10.5 Å². The van der Waals surface area contributed by atoms with Gasteiger partial charge in [0, 0.05) is 36.1 Å². The zero-order chi connectivity index (χ0) is 35.4. The van der Waals surface area contributed by atoms with Crippen molar-refractivity contribution < 1.29 is 4.74 Å². The number of ether oxygens (including phenoxy) is 1. The molecule has 11 rings (SSSR count). The van der Waals surface area contributed by atoms with E-state index in [1.54, 1.807) is 0 Å². The number of nitrogens with zero attached hydrogens (tertiary/aromatic N) is 6. The Morgan fingerprint density at radius 2 is 1.34 bits per heavy atom. The minimum absolute atomic E-state index is 0.600. The quantitative estimate of drug-likeness (QED) is 0.185. The first kappa shape index (κ1) is 29.4. The van der Waals surface area contributed by atoms with Crippen molar-refractivity contribution >= 4 is 38.9 Å². The van der Waals surface area contributed by atoms with Crippen LogP contribution in [0.15, 0.2) is 140 Å². The molecule has 0 saturated heterocycles.